The van der Waals surface area contributed by atoms with Crippen molar-refractivity contribution in [1.29, 1.82) is 0 Å². The molecule has 0 saturated heterocycles. The van der Waals surface area contributed by atoms with E-state index in [9.17, 15) is 19.2 Å². The highest BCUT2D eigenvalue weighted by atomic mass is 16.2. The number of rotatable bonds is 10. The maximum absolute atomic E-state index is 12.9. The molecule has 2 saturated carbocycles. The molecular weight excluding hydrogens is 360 g/mol. The van der Waals surface area contributed by atoms with E-state index in [4.69, 9.17) is 0 Å². The van der Waals surface area contributed by atoms with E-state index < -0.39 is 23.8 Å². The van der Waals surface area contributed by atoms with Crippen LogP contribution >= 0.6 is 0 Å². The highest BCUT2D eigenvalue weighted by Gasteiger charge is 2.37. The third-order valence-corrected chi connectivity index (χ3v) is 5.43. The molecule has 2 rings (SSSR count). The molecule has 0 bridgehead atoms. The van der Waals surface area contributed by atoms with E-state index in [-0.39, 0.29) is 24.4 Å². The summed E-state index contributed by atoms with van der Waals surface area (Å²) in [6.45, 7) is 2.32. The number of unbranched alkanes of at least 4 members (excludes halogenated alkanes) is 1. The lowest BCUT2D eigenvalue weighted by molar-refractivity contribution is -0.140. The first kappa shape index (κ1) is 22.3. The molecule has 158 valence electrons. The van der Waals surface area contributed by atoms with Gasteiger partial charge in [0.05, 0.1) is 6.54 Å². The molecule has 0 heterocycles. The van der Waals surface area contributed by atoms with Gasteiger partial charge in [-0.15, -0.1) is 0 Å². The van der Waals surface area contributed by atoms with Gasteiger partial charge in [0.25, 0.3) is 5.91 Å². The van der Waals surface area contributed by atoms with Gasteiger partial charge >= 0.3 is 6.03 Å². The van der Waals surface area contributed by atoms with Crippen LogP contribution in [0.5, 0.6) is 0 Å². The molecule has 1 unspecified atom stereocenters. The number of hydrogen-bond acceptors (Lipinski definition) is 5. The van der Waals surface area contributed by atoms with E-state index in [0.717, 1.165) is 56.3 Å². The van der Waals surface area contributed by atoms with Crippen LogP contribution < -0.4 is 16.0 Å². The predicted molar refractivity (Wildman–Crippen MR) is 106 cm³/mol. The van der Waals surface area contributed by atoms with Crippen molar-refractivity contribution in [2.24, 2.45) is 5.92 Å². The first-order valence-corrected chi connectivity index (χ1v) is 10.6. The molecule has 8 nitrogen and oxygen atoms in total. The van der Waals surface area contributed by atoms with Crippen LogP contribution in [-0.4, -0.2) is 60.7 Å². The van der Waals surface area contributed by atoms with Crippen molar-refractivity contribution in [2.75, 3.05) is 20.1 Å². The molecule has 2 aliphatic carbocycles. The van der Waals surface area contributed by atoms with Crippen molar-refractivity contribution in [2.45, 2.75) is 76.8 Å². The molecule has 1 atom stereocenters. The highest BCUT2D eigenvalue weighted by Crippen LogP contribution is 2.27. The van der Waals surface area contributed by atoms with Gasteiger partial charge < -0.3 is 16.0 Å². The lowest BCUT2D eigenvalue weighted by atomic mass is 9.82. The number of likely N-dealkylation sites (N-methyl/N-ethyl adjacent to an activating group) is 1. The smallest absolute Gasteiger partial charge is 0.324 e. The number of nitrogens with zero attached hydrogens (tertiary/aromatic N) is 1. The summed E-state index contributed by atoms with van der Waals surface area (Å²) in [4.78, 5) is 51.5. The fourth-order valence-electron chi connectivity index (χ4n) is 3.60. The molecule has 0 aromatic heterocycles. The fraction of sp³-hybridized carbons (Fsp3) is 0.800. The molecule has 2 aliphatic rings. The summed E-state index contributed by atoms with van der Waals surface area (Å²) in [5.74, 6) is -1.63. The van der Waals surface area contributed by atoms with Crippen LogP contribution in [0, 0.1) is 5.92 Å². The lowest BCUT2D eigenvalue weighted by Crippen LogP contribution is -2.56. The molecule has 0 aromatic rings. The van der Waals surface area contributed by atoms with Crippen LogP contribution in [0.1, 0.15) is 64.7 Å². The minimum atomic E-state index is -0.877. The van der Waals surface area contributed by atoms with Crippen molar-refractivity contribution in [3.63, 3.8) is 0 Å². The second-order valence-corrected chi connectivity index (χ2v) is 7.87. The summed E-state index contributed by atoms with van der Waals surface area (Å²) in [6.07, 6.45) is 7.96. The van der Waals surface area contributed by atoms with Gasteiger partial charge in [-0.2, -0.15) is 0 Å². The Labute approximate surface area is 167 Å². The number of carbonyl (C=O) groups excluding carboxylic acids is 4. The Morgan fingerprint density at radius 1 is 1.04 bits per heavy atom. The van der Waals surface area contributed by atoms with Gasteiger partial charge in [-0.1, -0.05) is 32.6 Å². The number of amides is 4. The van der Waals surface area contributed by atoms with Crippen LogP contribution in [0.2, 0.25) is 0 Å². The number of nitrogens with one attached hydrogen (secondary N) is 3. The van der Waals surface area contributed by atoms with Gasteiger partial charge in [0.15, 0.2) is 0 Å². The second-order valence-electron chi connectivity index (χ2n) is 7.87. The van der Waals surface area contributed by atoms with Crippen LogP contribution in [0.3, 0.4) is 0 Å². The Hall–Kier alpha value is -1.96. The van der Waals surface area contributed by atoms with Gasteiger partial charge in [0.1, 0.15) is 6.04 Å². The quantitative estimate of drug-likeness (QED) is 0.485. The zero-order valence-electron chi connectivity index (χ0n) is 17.1. The number of Topliss-reactive ketones (excluding diaryl/α,β-unsaturated/α-hetero) is 1. The molecule has 28 heavy (non-hydrogen) atoms. The Bertz CT molecular complexity index is 571. The Morgan fingerprint density at radius 3 is 2.29 bits per heavy atom. The predicted octanol–water partition coefficient (Wildman–Crippen LogP) is 1.34. The zero-order valence-corrected chi connectivity index (χ0v) is 17.1. The van der Waals surface area contributed by atoms with Gasteiger partial charge in [-0.05, 0) is 45.1 Å². The first-order chi connectivity index (χ1) is 13.5. The van der Waals surface area contributed by atoms with Crippen molar-refractivity contribution in [3.05, 3.63) is 0 Å². The zero-order chi connectivity index (χ0) is 20.5. The average molecular weight is 395 g/mol. The number of hydrogen-bond donors (Lipinski definition) is 3. The standard InChI is InChI=1S/C20H34N4O4/c1-3-4-12-24(16(25)13-21-2)20(28)23-17(14-8-6-5-7-9-14)18(26)19(27)22-15-10-11-15/h14-15,17,21H,3-13H2,1-2H3,(H,22,27)(H,23,28). The third-order valence-electron chi connectivity index (χ3n) is 5.43. The average Bonchev–Trinajstić information content (AvgIpc) is 3.50. The maximum Gasteiger partial charge on any atom is 0.324 e. The van der Waals surface area contributed by atoms with Crippen LogP contribution in [-0.2, 0) is 14.4 Å². The highest BCUT2D eigenvalue weighted by molar-refractivity contribution is 6.38. The molecule has 0 aromatic carbocycles. The maximum atomic E-state index is 12.9. The van der Waals surface area contributed by atoms with E-state index in [0.29, 0.717) is 13.0 Å². The summed E-state index contributed by atoms with van der Waals surface area (Å²) in [5.41, 5.74) is 0. The van der Waals surface area contributed by atoms with Crippen molar-refractivity contribution >= 4 is 23.6 Å². The van der Waals surface area contributed by atoms with E-state index in [1.54, 1.807) is 7.05 Å². The van der Waals surface area contributed by atoms with E-state index in [1.165, 1.54) is 0 Å². The van der Waals surface area contributed by atoms with Gasteiger partial charge in [-0.25, -0.2) is 4.79 Å². The second kappa shape index (κ2) is 11.1. The third kappa shape index (κ3) is 6.58. The normalized spacial score (nSPS) is 18.2. The Morgan fingerprint density at radius 2 is 1.71 bits per heavy atom. The SMILES string of the molecule is CCCCN(C(=O)CNC)C(=O)NC(C(=O)C(=O)NC1CC1)C1CCCCC1. The molecule has 0 radical (unpaired) electrons. The van der Waals surface area contributed by atoms with Crippen molar-refractivity contribution in [1.82, 2.24) is 20.9 Å². The van der Waals surface area contributed by atoms with Gasteiger partial charge in [-0.3, -0.25) is 19.3 Å². The van der Waals surface area contributed by atoms with Crippen molar-refractivity contribution in [3.8, 4) is 0 Å². The van der Waals surface area contributed by atoms with Gasteiger partial charge in [0, 0.05) is 12.6 Å². The van der Waals surface area contributed by atoms with E-state index >= 15 is 0 Å². The topological polar surface area (TPSA) is 108 Å². The molecule has 2 fully saturated rings. The molecule has 3 N–H and O–H groups in total. The molecule has 4 amide bonds. The number of urea groups is 1. The lowest BCUT2D eigenvalue weighted by Gasteiger charge is -2.31. The summed E-state index contributed by atoms with van der Waals surface area (Å²) in [5, 5.41) is 8.22. The number of ketones is 1. The molecule has 8 heteroatoms. The molecule has 0 aliphatic heterocycles. The Kier molecular flexibility index (Phi) is 8.89. The summed E-state index contributed by atoms with van der Waals surface area (Å²) < 4.78 is 0. The van der Waals surface area contributed by atoms with E-state index in [2.05, 4.69) is 16.0 Å². The van der Waals surface area contributed by atoms with Crippen LogP contribution in [0.25, 0.3) is 0 Å². The summed E-state index contributed by atoms with van der Waals surface area (Å²) in [6, 6.07) is -1.38. The van der Waals surface area contributed by atoms with Gasteiger partial charge in [0.2, 0.25) is 11.7 Å². The minimum absolute atomic E-state index is 0.0430. The summed E-state index contributed by atoms with van der Waals surface area (Å²) in [7, 11) is 1.64. The monoisotopic (exact) mass is 394 g/mol. The number of carbonyl (C=O) groups is 4. The van der Waals surface area contributed by atoms with Crippen LogP contribution in [0.4, 0.5) is 4.79 Å². The number of imide groups is 1. The molecular formula is C20H34N4O4. The van der Waals surface area contributed by atoms with E-state index in [1.807, 2.05) is 6.92 Å². The molecule has 0 spiro atoms. The minimum Gasteiger partial charge on any atom is -0.347 e. The fourth-order valence-corrected chi connectivity index (χ4v) is 3.60. The largest absolute Gasteiger partial charge is 0.347 e. The van der Waals surface area contributed by atoms with Crippen molar-refractivity contribution < 1.29 is 19.2 Å². The van der Waals surface area contributed by atoms with Crippen LogP contribution in [0.15, 0.2) is 0 Å². The first-order valence-electron chi connectivity index (χ1n) is 10.6. The Balaban J connectivity index is 2.10. The summed E-state index contributed by atoms with van der Waals surface area (Å²) >= 11 is 0.